The van der Waals surface area contributed by atoms with E-state index in [-0.39, 0.29) is 11.0 Å². The fourth-order valence-electron chi connectivity index (χ4n) is 1.53. The number of aromatic nitrogens is 1. The number of halogens is 3. The minimum absolute atomic E-state index is 0.0908. The first kappa shape index (κ1) is 15.0. The van der Waals surface area contributed by atoms with Crippen LogP contribution in [-0.4, -0.2) is 13.4 Å². The summed E-state index contributed by atoms with van der Waals surface area (Å²) in [6, 6.07) is 6.41. The van der Waals surface area contributed by atoms with Gasteiger partial charge in [-0.25, -0.2) is 21.9 Å². The maximum Gasteiger partial charge on any atom is 0.244 e. The number of sulfonamides is 1. The Morgan fingerprint density at radius 3 is 2.60 bits per heavy atom. The molecule has 0 aliphatic carbocycles. The van der Waals surface area contributed by atoms with Gasteiger partial charge in [-0.15, -0.1) is 0 Å². The van der Waals surface area contributed by atoms with Gasteiger partial charge in [-0.1, -0.05) is 6.07 Å². The normalized spacial score (nSPS) is 11.6. The molecule has 0 atom stereocenters. The molecule has 20 heavy (non-hydrogen) atoms. The van der Waals surface area contributed by atoms with Crippen molar-refractivity contribution in [3.63, 3.8) is 0 Å². The Balaban J connectivity index is 2.28. The Morgan fingerprint density at radius 2 is 2.00 bits per heavy atom. The van der Waals surface area contributed by atoms with E-state index in [1.54, 1.807) is 18.2 Å². The molecule has 0 bridgehead atoms. The van der Waals surface area contributed by atoms with Crippen LogP contribution in [0.2, 0.25) is 0 Å². The SMILES string of the molecule is O=S(=O)(NCc1ccccn1)c1c(F)cc(F)cc1Br. The van der Waals surface area contributed by atoms with Crippen LogP contribution >= 0.6 is 15.9 Å². The van der Waals surface area contributed by atoms with Crippen LogP contribution in [0.1, 0.15) is 5.69 Å². The van der Waals surface area contributed by atoms with Gasteiger partial charge in [0.05, 0.1) is 12.2 Å². The summed E-state index contributed by atoms with van der Waals surface area (Å²) < 4.78 is 52.7. The lowest BCUT2D eigenvalue weighted by Crippen LogP contribution is -2.25. The molecule has 106 valence electrons. The number of nitrogens with zero attached hydrogens (tertiary/aromatic N) is 1. The van der Waals surface area contributed by atoms with Crippen molar-refractivity contribution in [2.45, 2.75) is 11.4 Å². The summed E-state index contributed by atoms with van der Waals surface area (Å²) in [5.74, 6) is -2.02. The first-order chi connectivity index (χ1) is 9.40. The van der Waals surface area contributed by atoms with Crippen molar-refractivity contribution in [3.05, 3.63) is 58.3 Å². The van der Waals surface area contributed by atoms with Crippen LogP contribution in [0.4, 0.5) is 8.78 Å². The second-order valence-electron chi connectivity index (χ2n) is 3.84. The Kier molecular flexibility index (Phi) is 4.46. The highest BCUT2D eigenvalue weighted by Crippen LogP contribution is 2.26. The topological polar surface area (TPSA) is 59.1 Å². The second-order valence-corrected chi connectivity index (χ2v) is 6.40. The highest BCUT2D eigenvalue weighted by Gasteiger charge is 2.23. The van der Waals surface area contributed by atoms with E-state index in [2.05, 4.69) is 25.6 Å². The number of hydrogen-bond acceptors (Lipinski definition) is 3. The molecule has 0 radical (unpaired) electrons. The maximum absolute atomic E-state index is 13.6. The van der Waals surface area contributed by atoms with Crippen LogP contribution in [0.3, 0.4) is 0 Å². The van der Waals surface area contributed by atoms with Crippen LogP contribution in [0.25, 0.3) is 0 Å². The Hall–Kier alpha value is -1.38. The van der Waals surface area contributed by atoms with Crippen molar-refractivity contribution in [2.75, 3.05) is 0 Å². The number of nitrogens with one attached hydrogen (secondary N) is 1. The molecule has 0 amide bonds. The van der Waals surface area contributed by atoms with Gasteiger partial charge in [-0.05, 0) is 34.1 Å². The third-order valence-electron chi connectivity index (χ3n) is 2.40. The lowest BCUT2D eigenvalue weighted by atomic mass is 10.3. The first-order valence-corrected chi connectivity index (χ1v) is 7.72. The van der Waals surface area contributed by atoms with Crippen LogP contribution in [-0.2, 0) is 16.6 Å². The Labute approximate surface area is 123 Å². The Morgan fingerprint density at radius 1 is 1.25 bits per heavy atom. The average molecular weight is 363 g/mol. The summed E-state index contributed by atoms with van der Waals surface area (Å²) in [6.45, 7) is -0.0908. The third-order valence-corrected chi connectivity index (χ3v) is 4.77. The minimum atomic E-state index is -4.12. The standard InChI is InChI=1S/C12H9BrF2N2O2S/c13-10-5-8(14)6-11(15)12(10)20(18,19)17-7-9-3-1-2-4-16-9/h1-6,17H,7H2. The molecule has 2 rings (SSSR count). The van der Waals surface area contributed by atoms with Gasteiger partial charge in [-0.3, -0.25) is 4.98 Å². The molecule has 0 aliphatic heterocycles. The molecular formula is C12H9BrF2N2O2S. The molecule has 1 N–H and O–H groups in total. The predicted molar refractivity (Wildman–Crippen MR) is 72.3 cm³/mol. The average Bonchev–Trinajstić information content (AvgIpc) is 2.36. The monoisotopic (exact) mass is 362 g/mol. The predicted octanol–water partition coefficient (Wildman–Crippen LogP) is 2.60. The van der Waals surface area contributed by atoms with Crippen molar-refractivity contribution in [1.82, 2.24) is 9.71 Å². The zero-order valence-electron chi connectivity index (χ0n) is 9.98. The Bertz CT molecular complexity index is 700. The third kappa shape index (κ3) is 3.38. The quantitative estimate of drug-likeness (QED) is 0.909. The largest absolute Gasteiger partial charge is 0.260 e. The molecule has 0 saturated carbocycles. The van der Waals surface area contributed by atoms with Gasteiger partial charge < -0.3 is 0 Å². The van der Waals surface area contributed by atoms with E-state index in [0.29, 0.717) is 11.8 Å². The van der Waals surface area contributed by atoms with Gasteiger partial charge in [0.2, 0.25) is 10.0 Å². The molecule has 0 saturated heterocycles. The van der Waals surface area contributed by atoms with E-state index in [1.165, 1.54) is 6.20 Å². The summed E-state index contributed by atoms with van der Waals surface area (Å²) in [6.07, 6.45) is 1.51. The highest BCUT2D eigenvalue weighted by molar-refractivity contribution is 9.10. The van der Waals surface area contributed by atoms with Gasteiger partial charge in [-0.2, -0.15) is 0 Å². The summed E-state index contributed by atoms with van der Waals surface area (Å²) >= 11 is 2.85. The van der Waals surface area contributed by atoms with Crippen LogP contribution < -0.4 is 4.72 Å². The molecule has 1 aromatic carbocycles. The molecule has 0 unspecified atom stereocenters. The summed E-state index contributed by atoms with van der Waals surface area (Å²) in [4.78, 5) is 3.31. The van der Waals surface area contributed by atoms with Crippen LogP contribution in [0, 0.1) is 11.6 Å². The van der Waals surface area contributed by atoms with E-state index < -0.39 is 26.6 Å². The van der Waals surface area contributed by atoms with E-state index in [0.717, 1.165) is 6.07 Å². The van der Waals surface area contributed by atoms with Gasteiger partial charge >= 0.3 is 0 Å². The molecule has 2 aromatic rings. The van der Waals surface area contributed by atoms with Gasteiger partial charge in [0, 0.05) is 16.7 Å². The maximum atomic E-state index is 13.6. The number of rotatable bonds is 4. The van der Waals surface area contributed by atoms with Crippen molar-refractivity contribution in [1.29, 1.82) is 0 Å². The summed E-state index contributed by atoms with van der Waals surface area (Å²) in [5, 5.41) is 0. The van der Waals surface area contributed by atoms with Crippen molar-refractivity contribution >= 4 is 26.0 Å². The molecule has 1 aromatic heterocycles. The molecule has 8 heteroatoms. The molecule has 0 aliphatic rings. The lowest BCUT2D eigenvalue weighted by Gasteiger charge is -2.09. The molecule has 4 nitrogen and oxygen atoms in total. The van der Waals surface area contributed by atoms with Crippen LogP contribution in [0.5, 0.6) is 0 Å². The van der Waals surface area contributed by atoms with Crippen molar-refractivity contribution in [3.8, 4) is 0 Å². The fourth-order valence-corrected chi connectivity index (χ4v) is 3.69. The fraction of sp³-hybridized carbons (Fsp3) is 0.0833. The van der Waals surface area contributed by atoms with Gasteiger partial charge in [0.1, 0.15) is 16.5 Å². The van der Waals surface area contributed by atoms with E-state index in [4.69, 9.17) is 0 Å². The molecule has 0 spiro atoms. The molecular weight excluding hydrogens is 354 g/mol. The molecule has 1 heterocycles. The summed E-state index contributed by atoms with van der Waals surface area (Å²) in [7, 11) is -4.12. The van der Waals surface area contributed by atoms with E-state index in [9.17, 15) is 17.2 Å². The summed E-state index contributed by atoms with van der Waals surface area (Å²) in [5.41, 5.74) is 0.481. The highest BCUT2D eigenvalue weighted by atomic mass is 79.9. The number of pyridine rings is 1. The minimum Gasteiger partial charge on any atom is -0.260 e. The zero-order chi connectivity index (χ0) is 14.8. The van der Waals surface area contributed by atoms with Crippen molar-refractivity contribution < 1.29 is 17.2 Å². The van der Waals surface area contributed by atoms with Gasteiger partial charge in [0.15, 0.2) is 0 Å². The zero-order valence-corrected chi connectivity index (χ0v) is 12.4. The lowest BCUT2D eigenvalue weighted by molar-refractivity contribution is 0.540. The van der Waals surface area contributed by atoms with E-state index in [1.807, 2.05) is 0 Å². The number of benzene rings is 1. The number of hydrogen-bond donors (Lipinski definition) is 1. The van der Waals surface area contributed by atoms with Crippen molar-refractivity contribution in [2.24, 2.45) is 0 Å². The second kappa shape index (κ2) is 5.94. The van der Waals surface area contributed by atoms with Gasteiger partial charge in [0.25, 0.3) is 0 Å². The first-order valence-electron chi connectivity index (χ1n) is 5.44. The smallest absolute Gasteiger partial charge is 0.244 e. The van der Waals surface area contributed by atoms with Crippen LogP contribution in [0.15, 0.2) is 45.9 Å². The molecule has 0 fully saturated rings. The van der Waals surface area contributed by atoms with E-state index >= 15 is 0 Å².